The fourth-order valence-corrected chi connectivity index (χ4v) is 0.822. The molecule has 3 nitrogen and oxygen atoms in total. The van der Waals surface area contributed by atoms with Crippen LogP contribution in [0.1, 0.15) is 19.8 Å². The molecule has 0 bridgehead atoms. The summed E-state index contributed by atoms with van der Waals surface area (Å²) in [6.45, 7) is 5.53. The van der Waals surface area contributed by atoms with Gasteiger partial charge in [-0.3, -0.25) is 4.79 Å². The van der Waals surface area contributed by atoms with E-state index in [1.807, 2.05) is 6.92 Å². The summed E-state index contributed by atoms with van der Waals surface area (Å²) in [5.41, 5.74) is 0.943. The predicted molar refractivity (Wildman–Crippen MR) is 42.5 cm³/mol. The molecular formula is C8H14O3. The molecule has 0 fully saturated rings. The molecule has 1 unspecified atom stereocenters. The van der Waals surface area contributed by atoms with Crippen molar-refractivity contribution in [2.45, 2.75) is 25.9 Å². The van der Waals surface area contributed by atoms with Crippen LogP contribution < -0.4 is 0 Å². The zero-order valence-corrected chi connectivity index (χ0v) is 6.96. The molecule has 3 heteroatoms. The van der Waals surface area contributed by atoms with Crippen molar-refractivity contribution in [2.75, 3.05) is 7.11 Å². The van der Waals surface area contributed by atoms with Gasteiger partial charge in [0.1, 0.15) is 0 Å². The van der Waals surface area contributed by atoms with Crippen molar-refractivity contribution < 1.29 is 14.6 Å². The van der Waals surface area contributed by atoms with Crippen LogP contribution in [0, 0.1) is 0 Å². The van der Waals surface area contributed by atoms with E-state index in [1.165, 1.54) is 7.11 Å². The van der Waals surface area contributed by atoms with Gasteiger partial charge in [0.15, 0.2) is 0 Å². The molecule has 0 aromatic heterocycles. The lowest BCUT2D eigenvalue weighted by molar-refractivity contribution is -0.139. The van der Waals surface area contributed by atoms with Crippen molar-refractivity contribution in [3.05, 3.63) is 12.2 Å². The Morgan fingerprint density at radius 3 is 2.45 bits per heavy atom. The molecule has 0 rings (SSSR count). The maximum atomic E-state index is 10.2. The molecule has 0 heterocycles. The molecule has 0 aliphatic heterocycles. The Kier molecular flexibility index (Phi) is 4.54. The van der Waals surface area contributed by atoms with Gasteiger partial charge in [0.2, 0.25) is 0 Å². The standard InChI is InChI=1S/C8H14O3/c1-6(2)4-7(11-3)5-8(9)10/h7H,1,4-5H2,2-3H3,(H,9,10). The van der Waals surface area contributed by atoms with E-state index in [1.54, 1.807) is 0 Å². The van der Waals surface area contributed by atoms with E-state index in [0.717, 1.165) is 5.57 Å². The second-order valence-corrected chi connectivity index (χ2v) is 2.62. The van der Waals surface area contributed by atoms with Crippen molar-refractivity contribution in [1.82, 2.24) is 0 Å². The lowest BCUT2D eigenvalue weighted by atomic mass is 10.1. The van der Waals surface area contributed by atoms with E-state index in [-0.39, 0.29) is 12.5 Å². The molecule has 0 saturated heterocycles. The van der Waals surface area contributed by atoms with E-state index in [9.17, 15) is 4.79 Å². The van der Waals surface area contributed by atoms with Gasteiger partial charge in [-0.1, -0.05) is 5.57 Å². The molecule has 1 N–H and O–H groups in total. The summed E-state index contributed by atoms with van der Waals surface area (Å²) >= 11 is 0. The summed E-state index contributed by atoms with van der Waals surface area (Å²) in [7, 11) is 1.51. The van der Waals surface area contributed by atoms with Crippen molar-refractivity contribution in [2.24, 2.45) is 0 Å². The molecule has 0 saturated carbocycles. The highest BCUT2D eigenvalue weighted by molar-refractivity contribution is 5.67. The molecule has 0 aliphatic carbocycles. The van der Waals surface area contributed by atoms with Gasteiger partial charge in [-0.15, -0.1) is 6.58 Å². The lowest BCUT2D eigenvalue weighted by Crippen LogP contribution is -2.15. The van der Waals surface area contributed by atoms with Crippen LogP contribution in [0.2, 0.25) is 0 Å². The minimum Gasteiger partial charge on any atom is -0.481 e. The Hall–Kier alpha value is -0.830. The van der Waals surface area contributed by atoms with Crippen LogP contribution in [0.5, 0.6) is 0 Å². The summed E-state index contributed by atoms with van der Waals surface area (Å²) in [4.78, 5) is 10.2. The van der Waals surface area contributed by atoms with Gasteiger partial charge >= 0.3 is 5.97 Å². The normalized spacial score (nSPS) is 12.5. The molecule has 64 valence electrons. The molecule has 0 aromatic rings. The number of carboxylic acid groups (broad SMARTS) is 1. The van der Waals surface area contributed by atoms with Crippen molar-refractivity contribution >= 4 is 5.97 Å². The number of carbonyl (C=O) groups is 1. The zero-order chi connectivity index (χ0) is 8.85. The first-order chi connectivity index (χ1) is 5.06. The summed E-state index contributed by atoms with van der Waals surface area (Å²) < 4.78 is 4.93. The largest absolute Gasteiger partial charge is 0.481 e. The molecule has 0 aromatic carbocycles. The number of carboxylic acids is 1. The van der Waals surface area contributed by atoms with E-state index in [2.05, 4.69) is 6.58 Å². The average Bonchev–Trinajstić information content (AvgIpc) is 1.84. The minimum atomic E-state index is -0.835. The maximum absolute atomic E-state index is 10.2. The van der Waals surface area contributed by atoms with Gasteiger partial charge < -0.3 is 9.84 Å². The summed E-state index contributed by atoms with van der Waals surface area (Å²) in [5.74, 6) is -0.835. The van der Waals surface area contributed by atoms with E-state index in [0.29, 0.717) is 6.42 Å². The Balaban J connectivity index is 3.76. The van der Waals surface area contributed by atoms with Gasteiger partial charge in [-0.2, -0.15) is 0 Å². The minimum absolute atomic E-state index is 0.0450. The molecular weight excluding hydrogens is 144 g/mol. The van der Waals surface area contributed by atoms with Gasteiger partial charge in [0, 0.05) is 7.11 Å². The number of aliphatic carboxylic acids is 1. The Morgan fingerprint density at radius 1 is 1.64 bits per heavy atom. The number of hydrogen-bond acceptors (Lipinski definition) is 2. The Bertz CT molecular complexity index is 135. The van der Waals surface area contributed by atoms with Gasteiger partial charge in [0.05, 0.1) is 12.5 Å². The van der Waals surface area contributed by atoms with E-state index >= 15 is 0 Å². The van der Waals surface area contributed by atoms with Gasteiger partial charge in [-0.25, -0.2) is 0 Å². The van der Waals surface area contributed by atoms with Crippen LogP contribution >= 0.6 is 0 Å². The third kappa shape index (κ3) is 5.61. The maximum Gasteiger partial charge on any atom is 0.305 e. The molecule has 0 spiro atoms. The fourth-order valence-electron chi connectivity index (χ4n) is 0.822. The Labute approximate surface area is 66.7 Å². The number of methoxy groups -OCH3 is 1. The first-order valence-corrected chi connectivity index (χ1v) is 3.45. The molecule has 11 heavy (non-hydrogen) atoms. The van der Waals surface area contributed by atoms with E-state index in [4.69, 9.17) is 9.84 Å². The van der Waals surface area contributed by atoms with Crippen LogP contribution in [-0.4, -0.2) is 24.3 Å². The predicted octanol–water partition coefficient (Wildman–Crippen LogP) is 1.44. The molecule has 0 amide bonds. The monoisotopic (exact) mass is 158 g/mol. The van der Waals surface area contributed by atoms with Crippen LogP contribution in [-0.2, 0) is 9.53 Å². The van der Waals surface area contributed by atoms with Gasteiger partial charge in [0.25, 0.3) is 0 Å². The topological polar surface area (TPSA) is 46.5 Å². The quantitative estimate of drug-likeness (QED) is 0.616. The highest BCUT2D eigenvalue weighted by Gasteiger charge is 2.11. The van der Waals surface area contributed by atoms with Crippen LogP contribution in [0.25, 0.3) is 0 Å². The molecule has 0 radical (unpaired) electrons. The smallest absolute Gasteiger partial charge is 0.305 e. The summed E-state index contributed by atoms with van der Waals surface area (Å²) in [6.07, 6.45) is 0.427. The average molecular weight is 158 g/mol. The second kappa shape index (κ2) is 4.91. The molecule has 0 aliphatic rings. The highest BCUT2D eigenvalue weighted by Crippen LogP contribution is 2.08. The van der Waals surface area contributed by atoms with Crippen molar-refractivity contribution in [3.63, 3.8) is 0 Å². The summed E-state index contributed by atoms with van der Waals surface area (Å²) in [5, 5.41) is 8.42. The third-order valence-electron chi connectivity index (χ3n) is 1.31. The fraction of sp³-hybridized carbons (Fsp3) is 0.625. The van der Waals surface area contributed by atoms with Crippen molar-refractivity contribution in [1.29, 1.82) is 0 Å². The van der Waals surface area contributed by atoms with Crippen LogP contribution in [0.3, 0.4) is 0 Å². The first-order valence-electron chi connectivity index (χ1n) is 3.45. The SMILES string of the molecule is C=C(C)CC(CC(=O)O)OC. The van der Waals surface area contributed by atoms with E-state index < -0.39 is 5.97 Å². The Morgan fingerprint density at radius 2 is 2.18 bits per heavy atom. The zero-order valence-electron chi connectivity index (χ0n) is 6.96. The molecule has 1 atom stereocenters. The van der Waals surface area contributed by atoms with Crippen LogP contribution in [0.15, 0.2) is 12.2 Å². The van der Waals surface area contributed by atoms with Gasteiger partial charge in [-0.05, 0) is 13.3 Å². The second-order valence-electron chi connectivity index (χ2n) is 2.62. The van der Waals surface area contributed by atoms with Crippen LogP contribution in [0.4, 0.5) is 0 Å². The van der Waals surface area contributed by atoms with Crippen molar-refractivity contribution in [3.8, 4) is 0 Å². The number of hydrogen-bond donors (Lipinski definition) is 1. The first kappa shape index (κ1) is 10.2. The highest BCUT2D eigenvalue weighted by atomic mass is 16.5. The third-order valence-corrected chi connectivity index (χ3v) is 1.31. The number of ether oxygens (including phenoxy) is 1. The number of rotatable bonds is 5. The summed E-state index contributed by atoms with van der Waals surface area (Å²) in [6, 6.07) is 0. The lowest BCUT2D eigenvalue weighted by Gasteiger charge is -2.11.